The third-order valence-corrected chi connectivity index (χ3v) is 3.09. The summed E-state index contributed by atoms with van der Waals surface area (Å²) in [6.07, 6.45) is 6.57. The summed E-state index contributed by atoms with van der Waals surface area (Å²) in [6, 6.07) is -0.270. The van der Waals surface area contributed by atoms with E-state index < -0.39 is 5.97 Å². The highest BCUT2D eigenvalue weighted by Gasteiger charge is 2.18. The lowest BCUT2D eigenvalue weighted by Crippen LogP contribution is -2.35. The van der Waals surface area contributed by atoms with Crippen LogP contribution in [0.5, 0.6) is 0 Å². The number of carboxylic acid groups (broad SMARTS) is 1. The Morgan fingerprint density at radius 1 is 1.31 bits per heavy atom. The molecule has 1 unspecified atom stereocenters. The first-order chi connectivity index (χ1) is 7.58. The molecule has 1 aliphatic rings. The van der Waals surface area contributed by atoms with E-state index in [0.717, 1.165) is 12.8 Å². The Hall–Kier alpha value is -1.06. The molecule has 4 heteroatoms. The molecular weight excluding hydrogens is 206 g/mol. The van der Waals surface area contributed by atoms with Gasteiger partial charge < -0.3 is 10.4 Å². The lowest BCUT2D eigenvalue weighted by molar-refractivity contribution is -0.137. The van der Waals surface area contributed by atoms with E-state index in [9.17, 15) is 9.59 Å². The van der Waals surface area contributed by atoms with Crippen LogP contribution in [0.1, 0.15) is 51.9 Å². The number of amides is 1. The van der Waals surface area contributed by atoms with Gasteiger partial charge in [-0.1, -0.05) is 19.3 Å². The maximum Gasteiger partial charge on any atom is 0.305 e. The maximum absolute atomic E-state index is 11.6. The highest BCUT2D eigenvalue weighted by molar-refractivity contribution is 5.77. The molecule has 0 aliphatic heterocycles. The van der Waals surface area contributed by atoms with Gasteiger partial charge in [0, 0.05) is 12.5 Å². The standard InChI is InChI=1S/C12H21NO3/c1-9(7-12(15)16)13-11(14)8-10-5-3-2-4-6-10/h9-10H,2-8H2,1H3,(H,13,14)(H,15,16). The van der Waals surface area contributed by atoms with Gasteiger partial charge in [-0.05, 0) is 25.7 Å². The van der Waals surface area contributed by atoms with Crippen molar-refractivity contribution in [3.05, 3.63) is 0 Å². The van der Waals surface area contributed by atoms with Crippen molar-refractivity contribution in [2.45, 2.75) is 57.9 Å². The topological polar surface area (TPSA) is 66.4 Å². The second-order valence-corrected chi connectivity index (χ2v) is 4.77. The number of aliphatic carboxylic acids is 1. The van der Waals surface area contributed by atoms with Crippen LogP contribution in [0.15, 0.2) is 0 Å². The van der Waals surface area contributed by atoms with E-state index in [1.54, 1.807) is 6.92 Å². The molecule has 1 amide bonds. The Kier molecular flexibility index (Phi) is 5.29. The lowest BCUT2D eigenvalue weighted by atomic mass is 9.87. The van der Waals surface area contributed by atoms with Crippen LogP contribution in [0.3, 0.4) is 0 Å². The lowest BCUT2D eigenvalue weighted by Gasteiger charge is -2.21. The summed E-state index contributed by atoms with van der Waals surface area (Å²) in [7, 11) is 0. The largest absolute Gasteiger partial charge is 0.481 e. The van der Waals surface area contributed by atoms with E-state index in [1.807, 2.05) is 0 Å². The molecule has 0 radical (unpaired) electrons. The van der Waals surface area contributed by atoms with E-state index in [4.69, 9.17) is 5.11 Å². The fraction of sp³-hybridized carbons (Fsp3) is 0.833. The van der Waals surface area contributed by atoms with Crippen LogP contribution in [0, 0.1) is 5.92 Å². The van der Waals surface area contributed by atoms with Crippen LogP contribution in [0.2, 0.25) is 0 Å². The first kappa shape index (κ1) is 13.0. The molecule has 0 heterocycles. The van der Waals surface area contributed by atoms with Crippen LogP contribution in [-0.2, 0) is 9.59 Å². The second kappa shape index (κ2) is 6.51. The molecule has 0 aromatic rings. The summed E-state index contributed by atoms with van der Waals surface area (Å²) in [4.78, 5) is 22.0. The summed E-state index contributed by atoms with van der Waals surface area (Å²) >= 11 is 0. The van der Waals surface area contributed by atoms with Gasteiger partial charge in [0.05, 0.1) is 6.42 Å². The normalized spacial score (nSPS) is 19.1. The Morgan fingerprint density at radius 2 is 1.94 bits per heavy atom. The summed E-state index contributed by atoms with van der Waals surface area (Å²) in [6.45, 7) is 1.73. The number of rotatable bonds is 5. The fourth-order valence-electron chi connectivity index (χ4n) is 2.30. The fourth-order valence-corrected chi connectivity index (χ4v) is 2.30. The monoisotopic (exact) mass is 227 g/mol. The molecule has 16 heavy (non-hydrogen) atoms. The molecule has 1 fully saturated rings. The van der Waals surface area contributed by atoms with Gasteiger partial charge in [-0.3, -0.25) is 9.59 Å². The molecule has 1 aliphatic carbocycles. The number of carboxylic acids is 1. The van der Waals surface area contributed by atoms with Gasteiger partial charge in [0.2, 0.25) is 5.91 Å². The molecule has 2 N–H and O–H groups in total. The minimum atomic E-state index is -0.870. The van der Waals surface area contributed by atoms with E-state index in [0.29, 0.717) is 12.3 Å². The van der Waals surface area contributed by atoms with Gasteiger partial charge in [-0.25, -0.2) is 0 Å². The number of carbonyl (C=O) groups excluding carboxylic acids is 1. The molecule has 0 saturated heterocycles. The first-order valence-corrected chi connectivity index (χ1v) is 6.09. The minimum absolute atomic E-state index is 0.000602. The van der Waals surface area contributed by atoms with Crippen molar-refractivity contribution in [3.63, 3.8) is 0 Å². The van der Waals surface area contributed by atoms with E-state index in [-0.39, 0.29) is 18.4 Å². The SMILES string of the molecule is CC(CC(=O)O)NC(=O)CC1CCCCC1. The van der Waals surface area contributed by atoms with Crippen molar-refractivity contribution in [1.82, 2.24) is 5.32 Å². The van der Waals surface area contributed by atoms with Crippen LogP contribution in [-0.4, -0.2) is 23.0 Å². The van der Waals surface area contributed by atoms with E-state index in [2.05, 4.69) is 5.32 Å². The number of nitrogens with one attached hydrogen (secondary N) is 1. The van der Waals surface area contributed by atoms with Gasteiger partial charge in [0.15, 0.2) is 0 Å². The van der Waals surface area contributed by atoms with Gasteiger partial charge in [0.1, 0.15) is 0 Å². The smallest absolute Gasteiger partial charge is 0.305 e. The van der Waals surface area contributed by atoms with Crippen LogP contribution < -0.4 is 5.32 Å². The van der Waals surface area contributed by atoms with Crippen molar-refractivity contribution >= 4 is 11.9 Å². The van der Waals surface area contributed by atoms with E-state index >= 15 is 0 Å². The first-order valence-electron chi connectivity index (χ1n) is 6.09. The molecule has 1 rings (SSSR count). The van der Waals surface area contributed by atoms with Crippen molar-refractivity contribution in [2.75, 3.05) is 0 Å². The molecule has 1 atom stereocenters. The Labute approximate surface area is 96.4 Å². The summed E-state index contributed by atoms with van der Waals surface area (Å²) in [5.74, 6) is -0.364. The molecule has 0 aromatic heterocycles. The average Bonchev–Trinajstić information content (AvgIpc) is 2.17. The van der Waals surface area contributed by atoms with Gasteiger partial charge in [0.25, 0.3) is 0 Å². The van der Waals surface area contributed by atoms with Crippen LogP contribution >= 0.6 is 0 Å². The van der Waals surface area contributed by atoms with Gasteiger partial charge >= 0.3 is 5.97 Å². The zero-order valence-corrected chi connectivity index (χ0v) is 9.87. The maximum atomic E-state index is 11.6. The highest BCUT2D eigenvalue weighted by atomic mass is 16.4. The number of hydrogen-bond acceptors (Lipinski definition) is 2. The Morgan fingerprint density at radius 3 is 2.50 bits per heavy atom. The molecule has 0 aromatic carbocycles. The second-order valence-electron chi connectivity index (χ2n) is 4.77. The zero-order chi connectivity index (χ0) is 12.0. The average molecular weight is 227 g/mol. The molecule has 92 valence electrons. The number of hydrogen-bond donors (Lipinski definition) is 2. The molecule has 0 bridgehead atoms. The third-order valence-electron chi connectivity index (χ3n) is 3.09. The quantitative estimate of drug-likeness (QED) is 0.754. The summed E-state index contributed by atoms with van der Waals surface area (Å²) < 4.78 is 0. The third kappa shape index (κ3) is 5.14. The predicted octanol–water partition coefficient (Wildman–Crippen LogP) is 1.94. The Bertz CT molecular complexity index is 247. The Balaban J connectivity index is 2.21. The number of carbonyl (C=O) groups is 2. The zero-order valence-electron chi connectivity index (χ0n) is 9.87. The summed E-state index contributed by atoms with van der Waals surface area (Å²) in [5.41, 5.74) is 0. The van der Waals surface area contributed by atoms with Crippen LogP contribution in [0.4, 0.5) is 0 Å². The van der Waals surface area contributed by atoms with Crippen molar-refractivity contribution in [1.29, 1.82) is 0 Å². The molecule has 4 nitrogen and oxygen atoms in total. The van der Waals surface area contributed by atoms with Crippen molar-refractivity contribution < 1.29 is 14.7 Å². The molecule has 0 spiro atoms. The summed E-state index contributed by atoms with van der Waals surface area (Å²) in [5, 5.41) is 11.3. The van der Waals surface area contributed by atoms with Gasteiger partial charge in [-0.15, -0.1) is 0 Å². The van der Waals surface area contributed by atoms with Gasteiger partial charge in [-0.2, -0.15) is 0 Å². The predicted molar refractivity (Wildman–Crippen MR) is 61.0 cm³/mol. The van der Waals surface area contributed by atoms with Crippen molar-refractivity contribution in [2.24, 2.45) is 5.92 Å². The highest BCUT2D eigenvalue weighted by Crippen LogP contribution is 2.26. The van der Waals surface area contributed by atoms with Crippen LogP contribution in [0.25, 0.3) is 0 Å². The molecular formula is C12H21NO3. The minimum Gasteiger partial charge on any atom is -0.481 e. The van der Waals surface area contributed by atoms with E-state index in [1.165, 1.54) is 19.3 Å². The molecule has 1 saturated carbocycles. The van der Waals surface area contributed by atoms with Crippen molar-refractivity contribution in [3.8, 4) is 0 Å².